The van der Waals surface area contributed by atoms with Crippen LogP contribution in [0.4, 0.5) is 0 Å². The van der Waals surface area contributed by atoms with Gasteiger partial charge in [0.25, 0.3) is 0 Å². The molecular formula is C16H30O4. The first-order valence-corrected chi connectivity index (χ1v) is 7.75. The molecule has 20 heavy (non-hydrogen) atoms. The average molecular weight is 286 g/mol. The molecule has 4 heteroatoms. The minimum atomic E-state index is -0.365. The normalized spacial score (nSPS) is 10.5. The van der Waals surface area contributed by atoms with Gasteiger partial charge in [0, 0.05) is 13.2 Å². The van der Waals surface area contributed by atoms with Crippen molar-refractivity contribution in [2.45, 2.75) is 58.3 Å². The van der Waals surface area contributed by atoms with E-state index in [0.29, 0.717) is 25.4 Å². The molecule has 4 nitrogen and oxygen atoms in total. The number of hydrogen-bond donors (Lipinski definition) is 1. The predicted molar refractivity (Wildman–Crippen MR) is 80.6 cm³/mol. The maximum absolute atomic E-state index is 11.2. The van der Waals surface area contributed by atoms with Crippen molar-refractivity contribution in [3.63, 3.8) is 0 Å². The van der Waals surface area contributed by atoms with Gasteiger partial charge in [-0.3, -0.25) is 0 Å². The molecule has 0 aliphatic carbocycles. The molecule has 0 aromatic carbocycles. The molecular weight excluding hydrogens is 256 g/mol. The van der Waals surface area contributed by atoms with Gasteiger partial charge in [0.1, 0.15) is 0 Å². The molecule has 0 atom stereocenters. The highest BCUT2D eigenvalue weighted by Crippen LogP contribution is 2.08. The Kier molecular flexibility index (Phi) is 13.9. The summed E-state index contributed by atoms with van der Waals surface area (Å²) in [6.45, 7) is 7.03. The SMILES string of the molecule is C=C(COCCCCCCCCCCO)C(=O)OCC. The molecule has 0 fully saturated rings. The first-order valence-electron chi connectivity index (χ1n) is 7.75. The topological polar surface area (TPSA) is 55.8 Å². The molecule has 0 heterocycles. The van der Waals surface area contributed by atoms with E-state index in [1.54, 1.807) is 6.92 Å². The van der Waals surface area contributed by atoms with Crippen LogP contribution in [0.5, 0.6) is 0 Å². The molecule has 0 aromatic heterocycles. The van der Waals surface area contributed by atoms with Gasteiger partial charge >= 0.3 is 5.97 Å². The third-order valence-electron chi connectivity index (χ3n) is 3.04. The molecule has 0 amide bonds. The van der Waals surface area contributed by atoms with Gasteiger partial charge in [-0.1, -0.05) is 45.1 Å². The van der Waals surface area contributed by atoms with E-state index in [1.165, 1.54) is 25.7 Å². The summed E-state index contributed by atoms with van der Waals surface area (Å²) in [6.07, 6.45) is 9.19. The lowest BCUT2D eigenvalue weighted by Gasteiger charge is -2.06. The number of hydrogen-bond acceptors (Lipinski definition) is 4. The zero-order valence-corrected chi connectivity index (χ0v) is 12.9. The van der Waals surface area contributed by atoms with Gasteiger partial charge in [0.2, 0.25) is 0 Å². The number of carbonyl (C=O) groups excluding carboxylic acids is 1. The van der Waals surface area contributed by atoms with Crippen LogP contribution in [0.3, 0.4) is 0 Å². The number of rotatable bonds is 14. The molecule has 0 unspecified atom stereocenters. The summed E-state index contributed by atoms with van der Waals surface area (Å²) in [5.41, 5.74) is 0.385. The fourth-order valence-corrected chi connectivity index (χ4v) is 1.86. The Morgan fingerprint density at radius 3 is 2.10 bits per heavy atom. The maximum Gasteiger partial charge on any atom is 0.335 e. The second-order valence-electron chi connectivity index (χ2n) is 4.93. The Morgan fingerprint density at radius 1 is 1.00 bits per heavy atom. The van der Waals surface area contributed by atoms with Crippen LogP contribution in [-0.2, 0) is 14.3 Å². The Morgan fingerprint density at radius 2 is 1.55 bits per heavy atom. The van der Waals surface area contributed by atoms with Crippen LogP contribution in [0.25, 0.3) is 0 Å². The lowest BCUT2D eigenvalue weighted by atomic mass is 10.1. The molecule has 0 aliphatic rings. The largest absolute Gasteiger partial charge is 0.463 e. The standard InChI is InChI=1S/C16H30O4/c1-3-20-16(18)15(2)14-19-13-11-9-7-5-4-6-8-10-12-17/h17H,2-14H2,1H3. The van der Waals surface area contributed by atoms with Crippen LogP contribution >= 0.6 is 0 Å². The summed E-state index contributed by atoms with van der Waals surface area (Å²) in [6, 6.07) is 0. The fraction of sp³-hybridized carbons (Fsp3) is 0.812. The molecule has 1 N–H and O–H groups in total. The van der Waals surface area contributed by atoms with E-state index in [2.05, 4.69) is 6.58 Å². The molecule has 0 radical (unpaired) electrons. The van der Waals surface area contributed by atoms with Crippen molar-refractivity contribution >= 4 is 5.97 Å². The summed E-state index contributed by atoms with van der Waals surface area (Å²) in [5, 5.41) is 8.64. The van der Waals surface area contributed by atoms with Crippen LogP contribution in [0.2, 0.25) is 0 Å². The van der Waals surface area contributed by atoms with Crippen molar-refractivity contribution in [3.8, 4) is 0 Å². The van der Waals surface area contributed by atoms with Gasteiger partial charge in [-0.2, -0.15) is 0 Å². The number of unbranched alkanes of at least 4 members (excludes halogenated alkanes) is 7. The Balaban J connectivity index is 3.20. The highest BCUT2D eigenvalue weighted by Gasteiger charge is 2.06. The van der Waals surface area contributed by atoms with Crippen molar-refractivity contribution in [1.82, 2.24) is 0 Å². The summed E-state index contributed by atoms with van der Waals surface area (Å²) >= 11 is 0. The van der Waals surface area contributed by atoms with Gasteiger partial charge in [-0.25, -0.2) is 4.79 Å². The minimum absolute atomic E-state index is 0.264. The number of ether oxygens (including phenoxy) is 2. The van der Waals surface area contributed by atoms with Crippen molar-refractivity contribution in [1.29, 1.82) is 0 Å². The van der Waals surface area contributed by atoms with E-state index in [1.807, 2.05) is 0 Å². The zero-order chi connectivity index (χ0) is 15.1. The summed E-state index contributed by atoms with van der Waals surface area (Å²) in [5.74, 6) is -0.365. The maximum atomic E-state index is 11.2. The van der Waals surface area contributed by atoms with Gasteiger partial charge in [0.05, 0.1) is 18.8 Å². The third-order valence-corrected chi connectivity index (χ3v) is 3.04. The van der Waals surface area contributed by atoms with Crippen molar-refractivity contribution in [2.24, 2.45) is 0 Å². The van der Waals surface area contributed by atoms with E-state index in [0.717, 1.165) is 25.7 Å². The zero-order valence-electron chi connectivity index (χ0n) is 12.9. The van der Waals surface area contributed by atoms with E-state index < -0.39 is 0 Å². The Labute approximate surface area is 123 Å². The second-order valence-corrected chi connectivity index (χ2v) is 4.93. The molecule has 0 saturated carbocycles. The predicted octanol–water partition coefficient (Wildman–Crippen LogP) is 3.24. The van der Waals surface area contributed by atoms with E-state index >= 15 is 0 Å². The van der Waals surface area contributed by atoms with Crippen LogP contribution in [0.1, 0.15) is 58.3 Å². The second kappa shape index (κ2) is 14.5. The first-order chi connectivity index (χ1) is 9.72. The molecule has 0 saturated heterocycles. The molecule has 0 aromatic rings. The summed E-state index contributed by atoms with van der Waals surface area (Å²) < 4.78 is 10.2. The number of aliphatic hydroxyl groups is 1. The van der Waals surface area contributed by atoms with Gasteiger partial charge < -0.3 is 14.6 Å². The minimum Gasteiger partial charge on any atom is -0.463 e. The lowest BCUT2D eigenvalue weighted by Crippen LogP contribution is -2.12. The monoisotopic (exact) mass is 286 g/mol. The van der Waals surface area contributed by atoms with Crippen molar-refractivity contribution < 1.29 is 19.4 Å². The molecule has 0 bridgehead atoms. The Hall–Kier alpha value is -0.870. The average Bonchev–Trinajstić information content (AvgIpc) is 2.44. The quantitative estimate of drug-likeness (QED) is 0.302. The lowest BCUT2D eigenvalue weighted by molar-refractivity contribution is -0.139. The van der Waals surface area contributed by atoms with Crippen molar-refractivity contribution in [2.75, 3.05) is 26.4 Å². The van der Waals surface area contributed by atoms with Crippen molar-refractivity contribution in [3.05, 3.63) is 12.2 Å². The molecule has 0 spiro atoms. The molecule has 0 aliphatic heterocycles. The highest BCUT2D eigenvalue weighted by atomic mass is 16.5. The van der Waals surface area contributed by atoms with Crippen LogP contribution in [0, 0.1) is 0 Å². The Bertz CT molecular complexity index is 251. The van der Waals surface area contributed by atoms with Gasteiger partial charge in [0.15, 0.2) is 0 Å². The van der Waals surface area contributed by atoms with E-state index in [9.17, 15) is 4.79 Å². The third kappa shape index (κ3) is 12.2. The van der Waals surface area contributed by atoms with Gasteiger partial charge in [-0.15, -0.1) is 0 Å². The smallest absolute Gasteiger partial charge is 0.335 e. The molecule has 118 valence electrons. The van der Waals surface area contributed by atoms with Crippen LogP contribution < -0.4 is 0 Å². The number of aliphatic hydroxyl groups excluding tert-OH is 1. The number of esters is 1. The first kappa shape index (κ1) is 19.1. The van der Waals surface area contributed by atoms with Crippen LogP contribution in [-0.4, -0.2) is 37.5 Å². The van der Waals surface area contributed by atoms with Crippen LogP contribution in [0.15, 0.2) is 12.2 Å². The fourth-order valence-electron chi connectivity index (χ4n) is 1.86. The van der Waals surface area contributed by atoms with E-state index in [-0.39, 0.29) is 12.6 Å². The van der Waals surface area contributed by atoms with Gasteiger partial charge in [-0.05, 0) is 19.8 Å². The number of carbonyl (C=O) groups is 1. The van der Waals surface area contributed by atoms with E-state index in [4.69, 9.17) is 14.6 Å². The molecule has 0 rings (SSSR count). The summed E-state index contributed by atoms with van der Waals surface area (Å²) in [7, 11) is 0. The summed E-state index contributed by atoms with van der Waals surface area (Å²) in [4.78, 5) is 11.2. The highest BCUT2D eigenvalue weighted by molar-refractivity contribution is 5.87.